The molecule has 0 aromatic rings. The summed E-state index contributed by atoms with van der Waals surface area (Å²) >= 11 is 0. The average Bonchev–Trinajstić information content (AvgIpc) is 2.45. The summed E-state index contributed by atoms with van der Waals surface area (Å²) in [7, 11) is 1.38. The molecule has 1 rings (SSSR count). The largest absolute Gasteiger partial charge is 0.469 e. The van der Waals surface area contributed by atoms with E-state index < -0.39 is 0 Å². The van der Waals surface area contributed by atoms with Crippen LogP contribution in [0.2, 0.25) is 0 Å². The third kappa shape index (κ3) is 4.49. The molecule has 0 spiro atoms. The van der Waals surface area contributed by atoms with Gasteiger partial charge in [0.25, 0.3) is 0 Å². The Morgan fingerprint density at radius 2 is 1.68 bits per heavy atom. The van der Waals surface area contributed by atoms with Crippen LogP contribution >= 0.6 is 0 Å². The molecular weight excluding hydrogens is 244 g/mol. The molecule has 3 unspecified atom stereocenters. The van der Waals surface area contributed by atoms with Crippen LogP contribution in [0.4, 0.5) is 0 Å². The van der Waals surface area contributed by atoms with Crippen LogP contribution in [0.25, 0.3) is 0 Å². The Morgan fingerprint density at radius 1 is 1.11 bits per heavy atom. The Balaban J connectivity index is 2.46. The zero-order valence-electron chi connectivity index (χ0n) is 12.4. The maximum absolute atomic E-state index is 12.2. The smallest absolute Gasteiger partial charge is 0.309 e. The first-order valence-corrected chi connectivity index (χ1v) is 7.10. The molecule has 0 aliphatic carbocycles. The number of piperidine rings is 1. The highest BCUT2D eigenvalue weighted by Gasteiger charge is 2.27. The van der Waals surface area contributed by atoms with E-state index in [1.807, 2.05) is 25.7 Å². The molecule has 0 radical (unpaired) electrons. The molecule has 5 nitrogen and oxygen atoms in total. The number of hydrogen-bond donors (Lipinski definition) is 1. The lowest BCUT2D eigenvalue weighted by Crippen LogP contribution is -2.51. The number of carbonyl (C=O) groups excluding carboxylic acids is 2. The molecule has 5 heteroatoms. The van der Waals surface area contributed by atoms with Gasteiger partial charge in [0.05, 0.1) is 19.1 Å². The van der Waals surface area contributed by atoms with Crippen molar-refractivity contribution in [3.8, 4) is 0 Å². The molecule has 1 N–H and O–H groups in total. The minimum atomic E-state index is -0.264. The summed E-state index contributed by atoms with van der Waals surface area (Å²) in [4.78, 5) is 25.6. The number of methoxy groups -OCH3 is 1. The highest BCUT2D eigenvalue weighted by atomic mass is 16.5. The Bertz CT molecular complexity index is 314. The van der Waals surface area contributed by atoms with Crippen molar-refractivity contribution in [3.05, 3.63) is 0 Å². The van der Waals surface area contributed by atoms with Gasteiger partial charge in [-0.25, -0.2) is 0 Å². The number of esters is 1. The van der Waals surface area contributed by atoms with Gasteiger partial charge in [0.15, 0.2) is 0 Å². The van der Waals surface area contributed by atoms with Gasteiger partial charge >= 0.3 is 5.97 Å². The summed E-state index contributed by atoms with van der Waals surface area (Å²) in [6, 6.07) is -0.351. The van der Waals surface area contributed by atoms with E-state index in [0.29, 0.717) is 0 Å². The predicted octanol–water partition coefficient (Wildman–Crippen LogP) is 1.17. The van der Waals surface area contributed by atoms with Gasteiger partial charge in [0.2, 0.25) is 5.91 Å². The lowest BCUT2D eigenvalue weighted by atomic mass is 10.0. The van der Waals surface area contributed by atoms with Crippen molar-refractivity contribution in [2.24, 2.45) is 5.92 Å². The summed E-state index contributed by atoms with van der Waals surface area (Å²) in [5, 5.41) is 3.20. The van der Waals surface area contributed by atoms with E-state index in [1.165, 1.54) is 13.5 Å². The SMILES string of the molecule is COC(=O)C(C)C(C)NC(C)C(=O)N1CCCCC1. The third-order valence-corrected chi connectivity index (χ3v) is 3.87. The lowest BCUT2D eigenvalue weighted by Gasteiger charge is -2.31. The molecule has 110 valence electrons. The normalized spacial score (nSPS) is 20.5. The molecule has 1 saturated heterocycles. The van der Waals surface area contributed by atoms with Gasteiger partial charge in [-0.2, -0.15) is 0 Å². The topological polar surface area (TPSA) is 58.6 Å². The molecule has 3 atom stereocenters. The Hall–Kier alpha value is -1.10. The minimum absolute atomic E-state index is 0.0869. The van der Waals surface area contributed by atoms with E-state index in [4.69, 9.17) is 4.74 Å². The number of hydrogen-bond acceptors (Lipinski definition) is 4. The zero-order valence-corrected chi connectivity index (χ0v) is 12.4. The van der Waals surface area contributed by atoms with Crippen molar-refractivity contribution in [3.63, 3.8) is 0 Å². The van der Waals surface area contributed by atoms with E-state index in [1.54, 1.807) is 0 Å². The van der Waals surface area contributed by atoms with E-state index >= 15 is 0 Å². The molecule has 1 fully saturated rings. The molecule has 0 saturated carbocycles. The number of nitrogens with zero attached hydrogens (tertiary/aromatic N) is 1. The quantitative estimate of drug-likeness (QED) is 0.762. The van der Waals surface area contributed by atoms with Crippen LogP contribution in [0.3, 0.4) is 0 Å². The second kappa shape index (κ2) is 7.48. The summed E-state index contributed by atoms with van der Waals surface area (Å²) in [6.45, 7) is 7.28. The van der Waals surface area contributed by atoms with E-state index in [0.717, 1.165) is 25.9 Å². The van der Waals surface area contributed by atoms with Gasteiger partial charge in [-0.15, -0.1) is 0 Å². The Kier molecular flexibility index (Phi) is 6.28. The summed E-state index contributed by atoms with van der Waals surface area (Å²) in [5.74, 6) is -0.386. The summed E-state index contributed by atoms with van der Waals surface area (Å²) in [5.41, 5.74) is 0. The summed E-state index contributed by atoms with van der Waals surface area (Å²) in [6.07, 6.45) is 3.39. The highest BCUT2D eigenvalue weighted by Crippen LogP contribution is 2.11. The Labute approximate surface area is 115 Å². The molecule has 0 aromatic carbocycles. The fraction of sp³-hybridized carbons (Fsp3) is 0.857. The number of ether oxygens (including phenoxy) is 1. The van der Waals surface area contributed by atoms with Gasteiger partial charge in [-0.1, -0.05) is 6.92 Å². The van der Waals surface area contributed by atoms with Gasteiger partial charge in [0.1, 0.15) is 0 Å². The van der Waals surface area contributed by atoms with Crippen molar-refractivity contribution < 1.29 is 14.3 Å². The standard InChI is InChI=1S/C14H26N2O3/c1-10(14(18)19-4)11(2)15-12(3)13(17)16-8-6-5-7-9-16/h10-12,15H,5-9H2,1-4H3. The number of nitrogens with one attached hydrogen (secondary N) is 1. The monoisotopic (exact) mass is 270 g/mol. The second-order valence-electron chi connectivity index (χ2n) is 5.37. The molecule has 1 amide bonds. The maximum atomic E-state index is 12.2. The zero-order chi connectivity index (χ0) is 14.4. The highest BCUT2D eigenvalue weighted by molar-refractivity contribution is 5.81. The maximum Gasteiger partial charge on any atom is 0.309 e. The molecule has 19 heavy (non-hydrogen) atoms. The number of carbonyl (C=O) groups is 2. The first kappa shape index (κ1) is 16.0. The van der Waals surface area contributed by atoms with Crippen LogP contribution in [0, 0.1) is 5.92 Å². The first-order valence-electron chi connectivity index (χ1n) is 7.10. The van der Waals surface area contributed by atoms with Crippen LogP contribution in [0.5, 0.6) is 0 Å². The fourth-order valence-electron chi connectivity index (χ4n) is 2.39. The van der Waals surface area contributed by atoms with Crippen molar-refractivity contribution in [1.29, 1.82) is 0 Å². The number of amides is 1. The van der Waals surface area contributed by atoms with E-state index in [9.17, 15) is 9.59 Å². The third-order valence-electron chi connectivity index (χ3n) is 3.87. The van der Waals surface area contributed by atoms with Gasteiger partial charge in [-0.3, -0.25) is 9.59 Å². The van der Waals surface area contributed by atoms with Gasteiger partial charge < -0.3 is 15.0 Å². The molecule has 1 aliphatic heterocycles. The van der Waals surface area contributed by atoms with E-state index in [-0.39, 0.29) is 29.9 Å². The Morgan fingerprint density at radius 3 is 2.21 bits per heavy atom. The first-order chi connectivity index (χ1) is 8.97. The van der Waals surface area contributed by atoms with Gasteiger partial charge in [-0.05, 0) is 33.1 Å². The molecular formula is C14H26N2O3. The van der Waals surface area contributed by atoms with E-state index in [2.05, 4.69) is 5.32 Å². The number of rotatable bonds is 5. The molecule has 1 heterocycles. The molecule has 0 bridgehead atoms. The van der Waals surface area contributed by atoms with Crippen LogP contribution in [0.1, 0.15) is 40.0 Å². The minimum Gasteiger partial charge on any atom is -0.469 e. The van der Waals surface area contributed by atoms with Crippen molar-refractivity contribution in [1.82, 2.24) is 10.2 Å². The van der Waals surface area contributed by atoms with Crippen LogP contribution in [0.15, 0.2) is 0 Å². The number of likely N-dealkylation sites (tertiary alicyclic amines) is 1. The lowest BCUT2D eigenvalue weighted by molar-refractivity contribution is -0.146. The van der Waals surface area contributed by atoms with Crippen LogP contribution < -0.4 is 5.32 Å². The second-order valence-corrected chi connectivity index (χ2v) is 5.37. The van der Waals surface area contributed by atoms with Crippen LogP contribution in [-0.2, 0) is 14.3 Å². The van der Waals surface area contributed by atoms with Gasteiger partial charge in [0, 0.05) is 19.1 Å². The average molecular weight is 270 g/mol. The van der Waals surface area contributed by atoms with Crippen LogP contribution in [-0.4, -0.2) is 49.1 Å². The fourth-order valence-corrected chi connectivity index (χ4v) is 2.39. The van der Waals surface area contributed by atoms with Crippen molar-refractivity contribution in [2.75, 3.05) is 20.2 Å². The molecule has 0 aromatic heterocycles. The summed E-state index contributed by atoms with van der Waals surface area (Å²) < 4.78 is 4.72. The van der Waals surface area contributed by atoms with Crippen molar-refractivity contribution in [2.45, 2.75) is 52.1 Å². The molecule has 1 aliphatic rings. The predicted molar refractivity (Wildman–Crippen MR) is 73.7 cm³/mol. The van der Waals surface area contributed by atoms with Crippen molar-refractivity contribution >= 4 is 11.9 Å².